The molecular weight excluding hydrogens is 164 g/mol. The molecule has 2 rings (SSSR count). The van der Waals surface area contributed by atoms with E-state index < -0.39 is 0 Å². The summed E-state index contributed by atoms with van der Waals surface area (Å²) in [7, 11) is 0. The van der Waals surface area contributed by atoms with Gasteiger partial charge in [0.25, 0.3) is 0 Å². The Bertz CT molecular complexity index is 224. The van der Waals surface area contributed by atoms with Crippen molar-refractivity contribution >= 4 is 5.78 Å². The number of fused-ring (bicyclic) bond motifs is 1. The van der Waals surface area contributed by atoms with Crippen molar-refractivity contribution in [2.45, 2.75) is 51.6 Å². The minimum Gasteiger partial charge on any atom is -0.393 e. The zero-order valence-corrected chi connectivity index (χ0v) is 8.25. The van der Waals surface area contributed by atoms with Gasteiger partial charge in [0.1, 0.15) is 5.78 Å². The average molecular weight is 182 g/mol. The molecule has 0 aromatic rings. The zero-order chi connectivity index (χ0) is 9.47. The molecule has 0 saturated heterocycles. The Hall–Kier alpha value is -0.370. The predicted molar refractivity (Wildman–Crippen MR) is 50.3 cm³/mol. The molecule has 0 bridgehead atoms. The Morgan fingerprint density at radius 1 is 1.38 bits per heavy atom. The maximum Gasteiger partial charge on any atom is 0.139 e. The van der Waals surface area contributed by atoms with Gasteiger partial charge in [-0.25, -0.2) is 0 Å². The summed E-state index contributed by atoms with van der Waals surface area (Å²) in [4.78, 5) is 11.8. The highest BCUT2D eigenvalue weighted by molar-refractivity contribution is 5.85. The maximum absolute atomic E-state index is 11.8. The molecule has 2 nitrogen and oxygen atoms in total. The number of rotatable bonds is 0. The summed E-state index contributed by atoms with van der Waals surface area (Å²) in [6.45, 7) is 2.06. The Balaban J connectivity index is 2.24. The van der Waals surface area contributed by atoms with E-state index in [4.69, 9.17) is 0 Å². The van der Waals surface area contributed by atoms with E-state index in [0.29, 0.717) is 5.78 Å². The van der Waals surface area contributed by atoms with Crippen molar-refractivity contribution in [1.82, 2.24) is 0 Å². The van der Waals surface area contributed by atoms with Crippen molar-refractivity contribution < 1.29 is 9.90 Å². The normalized spacial score (nSPS) is 45.8. The Labute approximate surface area is 79.3 Å². The molecule has 0 aliphatic heterocycles. The summed E-state index contributed by atoms with van der Waals surface area (Å²) in [5.74, 6) is 0.644. The average Bonchev–Trinajstić information content (AvgIpc) is 2.08. The highest BCUT2D eigenvalue weighted by Gasteiger charge is 2.47. The van der Waals surface area contributed by atoms with Gasteiger partial charge in [-0.15, -0.1) is 0 Å². The molecule has 2 fully saturated rings. The summed E-state index contributed by atoms with van der Waals surface area (Å²) in [6, 6.07) is 0. The third-order valence-corrected chi connectivity index (χ3v) is 4.03. The molecule has 0 aromatic carbocycles. The topological polar surface area (TPSA) is 37.3 Å². The third-order valence-electron chi connectivity index (χ3n) is 4.03. The van der Waals surface area contributed by atoms with Crippen LogP contribution in [0.15, 0.2) is 0 Å². The summed E-state index contributed by atoms with van der Waals surface area (Å²) in [5.41, 5.74) is -0.185. The lowest BCUT2D eigenvalue weighted by atomic mass is 9.59. The molecule has 0 radical (unpaired) electrons. The Kier molecular flexibility index (Phi) is 2.18. The molecule has 3 atom stereocenters. The Morgan fingerprint density at radius 3 is 2.85 bits per heavy atom. The van der Waals surface area contributed by atoms with Crippen LogP contribution in [-0.4, -0.2) is 17.0 Å². The number of carbonyl (C=O) groups excluding carboxylic acids is 1. The molecule has 0 aromatic heterocycles. The van der Waals surface area contributed by atoms with Crippen LogP contribution in [0.2, 0.25) is 0 Å². The largest absolute Gasteiger partial charge is 0.393 e. The fourth-order valence-corrected chi connectivity index (χ4v) is 3.11. The van der Waals surface area contributed by atoms with Crippen LogP contribution in [0.4, 0.5) is 0 Å². The second-order valence-electron chi connectivity index (χ2n) is 4.80. The highest BCUT2D eigenvalue weighted by atomic mass is 16.3. The van der Waals surface area contributed by atoms with Crippen LogP contribution in [0.5, 0.6) is 0 Å². The van der Waals surface area contributed by atoms with E-state index >= 15 is 0 Å². The second-order valence-corrected chi connectivity index (χ2v) is 4.80. The van der Waals surface area contributed by atoms with Gasteiger partial charge in [0, 0.05) is 11.8 Å². The van der Waals surface area contributed by atoms with Crippen molar-refractivity contribution in [2.24, 2.45) is 11.3 Å². The van der Waals surface area contributed by atoms with Gasteiger partial charge in [0.15, 0.2) is 0 Å². The van der Waals surface area contributed by atoms with E-state index in [2.05, 4.69) is 6.92 Å². The molecule has 2 aliphatic rings. The van der Waals surface area contributed by atoms with Crippen molar-refractivity contribution in [3.05, 3.63) is 0 Å². The molecule has 0 heterocycles. The maximum atomic E-state index is 11.8. The molecule has 2 saturated carbocycles. The standard InChI is InChI=1S/C11H18O2/c1-11-7-3-5-9(12)8(11)4-2-6-10(11)13/h8-9,12H,2-7H2,1H3/t8?,9?,11-/m0/s1. The molecule has 0 spiro atoms. The Morgan fingerprint density at radius 2 is 2.15 bits per heavy atom. The molecule has 0 amide bonds. The number of hydrogen-bond acceptors (Lipinski definition) is 2. The fourth-order valence-electron chi connectivity index (χ4n) is 3.11. The van der Waals surface area contributed by atoms with Gasteiger partial charge >= 0.3 is 0 Å². The lowest BCUT2D eigenvalue weighted by molar-refractivity contribution is -0.142. The van der Waals surface area contributed by atoms with Gasteiger partial charge in [-0.1, -0.05) is 6.92 Å². The van der Waals surface area contributed by atoms with Crippen LogP contribution in [0.25, 0.3) is 0 Å². The van der Waals surface area contributed by atoms with E-state index in [-0.39, 0.29) is 17.4 Å². The number of hydrogen-bond donors (Lipinski definition) is 1. The van der Waals surface area contributed by atoms with Crippen LogP contribution >= 0.6 is 0 Å². The smallest absolute Gasteiger partial charge is 0.139 e. The summed E-state index contributed by atoms with van der Waals surface area (Å²) >= 11 is 0. The van der Waals surface area contributed by atoms with Crippen molar-refractivity contribution in [3.8, 4) is 0 Å². The molecule has 2 aliphatic carbocycles. The summed E-state index contributed by atoms with van der Waals surface area (Å²) in [5, 5.41) is 9.84. The first kappa shape index (κ1) is 9.20. The number of Topliss-reactive ketones (excluding diaryl/α,β-unsaturated/α-hetero) is 1. The molecule has 1 N–H and O–H groups in total. The van der Waals surface area contributed by atoms with Gasteiger partial charge < -0.3 is 5.11 Å². The number of aliphatic hydroxyl groups is 1. The van der Waals surface area contributed by atoms with Crippen LogP contribution in [0.3, 0.4) is 0 Å². The van der Waals surface area contributed by atoms with E-state index in [1.165, 1.54) is 0 Å². The lowest BCUT2D eigenvalue weighted by Crippen LogP contribution is -2.47. The SMILES string of the molecule is C[C@]12CCCC(O)C1CCCC2=O. The van der Waals surface area contributed by atoms with E-state index in [0.717, 1.165) is 38.5 Å². The summed E-state index contributed by atoms with van der Waals surface area (Å²) < 4.78 is 0. The van der Waals surface area contributed by atoms with Gasteiger partial charge in [0.2, 0.25) is 0 Å². The number of ketones is 1. The fraction of sp³-hybridized carbons (Fsp3) is 0.909. The molecule has 2 heteroatoms. The first-order chi connectivity index (χ1) is 6.14. The number of aliphatic hydroxyl groups excluding tert-OH is 1. The highest BCUT2D eigenvalue weighted by Crippen LogP contribution is 2.47. The first-order valence-electron chi connectivity index (χ1n) is 5.36. The lowest BCUT2D eigenvalue weighted by Gasteiger charge is -2.46. The van der Waals surface area contributed by atoms with Crippen molar-refractivity contribution in [1.29, 1.82) is 0 Å². The molecule has 13 heavy (non-hydrogen) atoms. The van der Waals surface area contributed by atoms with E-state index in [9.17, 15) is 9.90 Å². The van der Waals surface area contributed by atoms with Gasteiger partial charge in [0.05, 0.1) is 6.10 Å². The molecule has 74 valence electrons. The van der Waals surface area contributed by atoms with Crippen LogP contribution in [-0.2, 0) is 4.79 Å². The molecular formula is C11H18O2. The second kappa shape index (κ2) is 3.09. The van der Waals surface area contributed by atoms with Crippen LogP contribution in [0.1, 0.15) is 45.4 Å². The monoisotopic (exact) mass is 182 g/mol. The van der Waals surface area contributed by atoms with Crippen molar-refractivity contribution in [3.63, 3.8) is 0 Å². The first-order valence-corrected chi connectivity index (χ1v) is 5.36. The van der Waals surface area contributed by atoms with E-state index in [1.54, 1.807) is 0 Å². The van der Waals surface area contributed by atoms with Gasteiger partial charge in [-0.2, -0.15) is 0 Å². The van der Waals surface area contributed by atoms with Gasteiger partial charge in [-0.05, 0) is 38.0 Å². The molecule has 2 unspecified atom stereocenters. The quantitative estimate of drug-likeness (QED) is 0.621. The summed E-state index contributed by atoms with van der Waals surface area (Å²) in [6.07, 6.45) is 5.45. The van der Waals surface area contributed by atoms with Gasteiger partial charge in [-0.3, -0.25) is 4.79 Å². The van der Waals surface area contributed by atoms with Crippen LogP contribution < -0.4 is 0 Å². The predicted octanol–water partition coefficient (Wildman–Crippen LogP) is 1.91. The third kappa shape index (κ3) is 1.32. The zero-order valence-electron chi connectivity index (χ0n) is 8.25. The van der Waals surface area contributed by atoms with Crippen molar-refractivity contribution in [2.75, 3.05) is 0 Å². The minimum absolute atomic E-state index is 0.185. The number of carbonyl (C=O) groups is 1. The van der Waals surface area contributed by atoms with Crippen LogP contribution in [0, 0.1) is 11.3 Å². The van der Waals surface area contributed by atoms with E-state index in [1.807, 2.05) is 0 Å². The minimum atomic E-state index is -0.219.